The van der Waals surface area contributed by atoms with Crippen LogP contribution >= 0.6 is 0 Å². The maximum absolute atomic E-state index is 13.3. The predicted molar refractivity (Wildman–Crippen MR) is 126 cm³/mol. The van der Waals surface area contributed by atoms with E-state index in [1.54, 1.807) is 6.92 Å². The van der Waals surface area contributed by atoms with E-state index in [0.717, 1.165) is 28.1 Å². The number of hydrogen-bond donors (Lipinski definition) is 0. The van der Waals surface area contributed by atoms with Gasteiger partial charge in [-0.3, -0.25) is 4.79 Å². The second kappa shape index (κ2) is 9.31. The predicted octanol–water partition coefficient (Wildman–Crippen LogP) is 6.27. The Bertz CT molecular complexity index is 1210. The Morgan fingerprint density at radius 3 is 2.44 bits per heavy atom. The molecule has 1 aliphatic rings. The van der Waals surface area contributed by atoms with Crippen molar-refractivity contribution in [3.8, 4) is 0 Å². The quantitative estimate of drug-likeness (QED) is 0.417. The number of halogens is 1. The molecule has 0 saturated heterocycles. The Labute approximate surface area is 187 Å². The molecule has 4 rings (SSSR count). The summed E-state index contributed by atoms with van der Waals surface area (Å²) < 4.78 is 15.6. The molecular formula is C28H26FNO2. The number of nitrogens with zero attached hydrogens (tertiary/aromatic N) is 1. The van der Waals surface area contributed by atoms with E-state index in [4.69, 9.17) is 0 Å². The van der Waals surface area contributed by atoms with Gasteiger partial charge in [-0.05, 0) is 74.2 Å². The van der Waals surface area contributed by atoms with Crippen LogP contribution in [0.25, 0.3) is 11.6 Å². The highest BCUT2D eigenvalue weighted by Gasteiger charge is 2.21. The number of hydrogen-bond acceptors (Lipinski definition) is 2. The van der Waals surface area contributed by atoms with Gasteiger partial charge in [-0.2, -0.15) is 0 Å². The van der Waals surface area contributed by atoms with E-state index >= 15 is 0 Å². The van der Waals surface area contributed by atoms with Gasteiger partial charge in [0.15, 0.2) is 5.78 Å². The highest BCUT2D eigenvalue weighted by Crippen LogP contribution is 2.32. The number of carbonyl (C=O) groups is 2. The molecule has 1 heterocycles. The van der Waals surface area contributed by atoms with Crippen molar-refractivity contribution in [3.05, 3.63) is 106 Å². The molecule has 1 aromatic heterocycles. The molecule has 0 aliphatic heterocycles. The molecule has 0 spiro atoms. The lowest BCUT2D eigenvalue weighted by atomic mass is 10.00. The molecule has 162 valence electrons. The molecular weight excluding hydrogens is 401 g/mol. The zero-order valence-corrected chi connectivity index (χ0v) is 18.4. The van der Waals surface area contributed by atoms with Gasteiger partial charge in [-0.15, -0.1) is 0 Å². The van der Waals surface area contributed by atoms with E-state index in [-0.39, 0.29) is 17.4 Å². The molecule has 4 heteroatoms. The monoisotopic (exact) mass is 427 g/mol. The summed E-state index contributed by atoms with van der Waals surface area (Å²) in [6.45, 7) is 4.32. The van der Waals surface area contributed by atoms with Gasteiger partial charge in [-0.1, -0.05) is 36.4 Å². The molecule has 0 atom stereocenters. The number of benzene rings is 2. The van der Waals surface area contributed by atoms with Crippen molar-refractivity contribution in [1.82, 2.24) is 4.57 Å². The van der Waals surface area contributed by atoms with Gasteiger partial charge < -0.3 is 9.36 Å². The van der Waals surface area contributed by atoms with Crippen molar-refractivity contribution >= 4 is 23.2 Å². The Morgan fingerprint density at radius 2 is 1.75 bits per heavy atom. The van der Waals surface area contributed by atoms with Crippen molar-refractivity contribution in [1.29, 1.82) is 0 Å². The van der Waals surface area contributed by atoms with Crippen LogP contribution in [0.5, 0.6) is 0 Å². The summed E-state index contributed by atoms with van der Waals surface area (Å²) in [7, 11) is 0. The second-order valence-electron chi connectivity index (χ2n) is 8.31. The van der Waals surface area contributed by atoms with E-state index in [9.17, 15) is 14.0 Å². The fourth-order valence-electron chi connectivity index (χ4n) is 4.10. The first-order chi connectivity index (χ1) is 15.4. The number of fused-ring (bicyclic) bond motifs is 1. The van der Waals surface area contributed by atoms with Crippen LogP contribution in [0.3, 0.4) is 0 Å². The maximum atomic E-state index is 13.3. The van der Waals surface area contributed by atoms with Crippen molar-refractivity contribution < 1.29 is 14.0 Å². The molecule has 0 fully saturated rings. The Kier molecular flexibility index (Phi) is 6.31. The molecule has 32 heavy (non-hydrogen) atoms. The Hall–Kier alpha value is -3.53. The number of carbonyl (C=O) groups excluding carboxylic acids is 2. The van der Waals surface area contributed by atoms with E-state index < -0.39 is 0 Å². The van der Waals surface area contributed by atoms with Crippen molar-refractivity contribution in [2.75, 3.05) is 0 Å². The van der Waals surface area contributed by atoms with Gasteiger partial charge in [-0.25, -0.2) is 4.39 Å². The topological polar surface area (TPSA) is 39.1 Å². The molecule has 0 bridgehead atoms. The summed E-state index contributed by atoms with van der Waals surface area (Å²) in [6, 6.07) is 18.0. The zero-order chi connectivity index (χ0) is 22.7. The minimum absolute atomic E-state index is 0.0975. The van der Waals surface area contributed by atoms with Crippen LogP contribution in [0.1, 0.15) is 59.6 Å². The normalized spacial score (nSPS) is 13.1. The summed E-state index contributed by atoms with van der Waals surface area (Å²) in [5.74, 6) is -0.302. The highest BCUT2D eigenvalue weighted by molar-refractivity contribution is 6.12. The first-order valence-corrected chi connectivity index (χ1v) is 10.9. The molecule has 0 radical (unpaired) electrons. The smallest absolute Gasteiger partial charge is 0.189 e. The number of aromatic nitrogens is 1. The van der Waals surface area contributed by atoms with Crippen LogP contribution in [-0.4, -0.2) is 16.1 Å². The van der Waals surface area contributed by atoms with E-state index in [1.807, 2.05) is 24.3 Å². The molecule has 0 unspecified atom stereocenters. The number of allylic oxidation sites excluding steroid dienone is 3. The minimum atomic E-state index is -0.360. The first-order valence-electron chi connectivity index (χ1n) is 10.9. The van der Waals surface area contributed by atoms with Crippen molar-refractivity contribution in [2.45, 2.75) is 39.7 Å². The van der Waals surface area contributed by atoms with Crippen molar-refractivity contribution in [3.63, 3.8) is 0 Å². The summed E-state index contributed by atoms with van der Waals surface area (Å²) in [5.41, 5.74) is 6.54. The number of Topliss-reactive ketones (excluding diaryl/α,β-unsaturated/α-hetero) is 2. The first kappa shape index (κ1) is 21.7. The van der Waals surface area contributed by atoms with Gasteiger partial charge in [0.05, 0.1) is 0 Å². The maximum Gasteiger partial charge on any atom is 0.189 e. The molecule has 0 saturated carbocycles. The molecule has 2 aromatic carbocycles. The lowest BCUT2D eigenvalue weighted by Gasteiger charge is -2.13. The zero-order valence-electron chi connectivity index (χ0n) is 18.4. The number of rotatable bonds is 7. The van der Waals surface area contributed by atoms with E-state index in [0.29, 0.717) is 36.9 Å². The van der Waals surface area contributed by atoms with Crippen LogP contribution in [0.2, 0.25) is 0 Å². The van der Waals surface area contributed by atoms with Crippen molar-refractivity contribution in [2.24, 2.45) is 0 Å². The average Bonchev–Trinajstić information content (AvgIpc) is 3.03. The van der Waals surface area contributed by atoms with Crippen LogP contribution in [-0.2, 0) is 17.8 Å². The Morgan fingerprint density at radius 1 is 1.03 bits per heavy atom. The lowest BCUT2D eigenvalue weighted by Crippen LogP contribution is -2.09. The van der Waals surface area contributed by atoms with Crippen LogP contribution in [0.15, 0.2) is 72.3 Å². The fourth-order valence-corrected chi connectivity index (χ4v) is 4.10. The van der Waals surface area contributed by atoms with Crippen LogP contribution < -0.4 is 0 Å². The summed E-state index contributed by atoms with van der Waals surface area (Å²) >= 11 is 0. The SMILES string of the molecule is CC(=O)CCc1cc2c(n1Cc1ccccc1)C=C(C(=O)c1ccc(F)cc1)CC=C2C. The molecule has 3 aromatic rings. The third-order valence-corrected chi connectivity index (χ3v) is 5.90. The largest absolute Gasteiger partial charge is 0.340 e. The summed E-state index contributed by atoms with van der Waals surface area (Å²) in [5, 5.41) is 0. The minimum Gasteiger partial charge on any atom is -0.340 e. The molecule has 3 nitrogen and oxygen atoms in total. The summed E-state index contributed by atoms with van der Waals surface area (Å²) in [6.07, 6.45) is 5.68. The standard InChI is InChI=1S/C28H26FNO2/c1-19-8-10-23(28(32)22-11-13-24(29)14-12-22)16-27-26(19)17-25(15-9-20(2)31)30(27)18-21-6-4-3-5-7-21/h3-8,11-14,16-17H,9-10,15,18H2,1-2H3. The second-order valence-corrected chi connectivity index (χ2v) is 8.31. The van der Waals surface area contributed by atoms with Gasteiger partial charge >= 0.3 is 0 Å². The summed E-state index contributed by atoms with van der Waals surface area (Å²) in [4.78, 5) is 24.9. The average molecular weight is 428 g/mol. The molecule has 1 aliphatic carbocycles. The lowest BCUT2D eigenvalue weighted by molar-refractivity contribution is -0.117. The molecule has 0 N–H and O–H groups in total. The number of aryl methyl sites for hydroxylation is 1. The Balaban J connectivity index is 1.80. The fraction of sp³-hybridized carbons (Fsp3) is 0.214. The third-order valence-electron chi connectivity index (χ3n) is 5.90. The van der Waals surface area contributed by atoms with Gasteiger partial charge in [0.25, 0.3) is 0 Å². The molecule has 0 amide bonds. The van der Waals surface area contributed by atoms with Gasteiger partial charge in [0.2, 0.25) is 0 Å². The van der Waals surface area contributed by atoms with Gasteiger partial charge in [0.1, 0.15) is 11.6 Å². The van der Waals surface area contributed by atoms with Gasteiger partial charge in [0, 0.05) is 41.1 Å². The van der Waals surface area contributed by atoms with Crippen LogP contribution in [0, 0.1) is 5.82 Å². The van der Waals surface area contributed by atoms with E-state index in [1.165, 1.54) is 24.3 Å². The third kappa shape index (κ3) is 4.70. The highest BCUT2D eigenvalue weighted by atomic mass is 19.1. The van der Waals surface area contributed by atoms with E-state index in [2.05, 4.69) is 35.8 Å². The van der Waals surface area contributed by atoms with Crippen LogP contribution in [0.4, 0.5) is 4.39 Å². The number of ketones is 2.